The van der Waals surface area contributed by atoms with E-state index >= 15 is 0 Å². The Morgan fingerprint density at radius 2 is 1.75 bits per heavy atom. The Morgan fingerprint density at radius 3 is 2.50 bits per heavy atom. The number of aryl methyl sites for hydroxylation is 1. The molecule has 36 heavy (non-hydrogen) atoms. The summed E-state index contributed by atoms with van der Waals surface area (Å²) in [6.45, 7) is 4.02. The van der Waals surface area contributed by atoms with Crippen molar-refractivity contribution in [3.05, 3.63) is 83.3 Å². The van der Waals surface area contributed by atoms with Gasteiger partial charge in [0.25, 0.3) is 11.6 Å². The average Bonchev–Trinajstić information content (AvgIpc) is 3.29. The van der Waals surface area contributed by atoms with E-state index in [4.69, 9.17) is 9.26 Å². The number of carbonyl (C=O) groups is 2. The molecule has 0 unspecified atom stereocenters. The van der Waals surface area contributed by atoms with Gasteiger partial charge in [0.15, 0.2) is 6.61 Å². The van der Waals surface area contributed by atoms with E-state index in [2.05, 4.69) is 15.0 Å². The molecular weight excluding hydrogens is 463 g/mol. The van der Waals surface area contributed by atoms with E-state index in [1.165, 1.54) is 6.07 Å². The Morgan fingerprint density at radius 1 is 1.03 bits per heavy atom. The Bertz CT molecular complexity index is 1400. The van der Waals surface area contributed by atoms with Crippen molar-refractivity contribution < 1.29 is 23.2 Å². The van der Waals surface area contributed by atoms with Crippen molar-refractivity contribution >= 4 is 23.0 Å². The van der Waals surface area contributed by atoms with Crippen molar-refractivity contribution in [2.75, 3.05) is 32.8 Å². The first-order valence-electron chi connectivity index (χ1n) is 11.7. The van der Waals surface area contributed by atoms with Gasteiger partial charge in [0, 0.05) is 43.9 Å². The molecule has 3 heterocycles. The highest BCUT2D eigenvalue weighted by molar-refractivity contribution is 6.04. The van der Waals surface area contributed by atoms with Gasteiger partial charge in [-0.3, -0.25) is 9.69 Å². The fourth-order valence-corrected chi connectivity index (χ4v) is 4.33. The summed E-state index contributed by atoms with van der Waals surface area (Å²) < 4.78 is 24.7. The summed E-state index contributed by atoms with van der Waals surface area (Å²) in [6, 6.07) is 17.7. The summed E-state index contributed by atoms with van der Waals surface area (Å²) in [5.41, 5.74) is 2.99. The van der Waals surface area contributed by atoms with Crippen molar-refractivity contribution in [3.8, 4) is 11.3 Å². The monoisotopic (exact) mass is 488 g/mol. The van der Waals surface area contributed by atoms with E-state index in [-0.39, 0.29) is 29.6 Å². The minimum absolute atomic E-state index is 0.230. The molecule has 184 valence electrons. The molecule has 0 radical (unpaired) electrons. The van der Waals surface area contributed by atoms with Crippen LogP contribution in [-0.4, -0.2) is 64.6 Å². The number of rotatable bonds is 6. The molecule has 0 aliphatic carbocycles. The molecule has 2 aromatic heterocycles. The van der Waals surface area contributed by atoms with Gasteiger partial charge in [-0.25, -0.2) is 14.2 Å². The molecule has 4 aromatic rings. The second-order valence-electron chi connectivity index (χ2n) is 8.69. The van der Waals surface area contributed by atoms with Gasteiger partial charge >= 0.3 is 5.97 Å². The molecule has 1 aliphatic rings. The van der Waals surface area contributed by atoms with Crippen molar-refractivity contribution in [1.82, 2.24) is 19.9 Å². The second-order valence-corrected chi connectivity index (χ2v) is 8.69. The first-order valence-corrected chi connectivity index (χ1v) is 11.7. The molecule has 2 aromatic carbocycles. The molecule has 1 saturated heterocycles. The number of nitrogens with zero attached hydrogens (tertiary/aromatic N) is 4. The van der Waals surface area contributed by atoms with Crippen LogP contribution in [0, 0.1) is 12.7 Å². The highest BCUT2D eigenvalue weighted by atomic mass is 19.1. The molecule has 0 N–H and O–H groups in total. The highest BCUT2D eigenvalue weighted by Gasteiger charge is 2.25. The Balaban J connectivity index is 1.22. The molecule has 1 fully saturated rings. The number of pyridine rings is 1. The van der Waals surface area contributed by atoms with Gasteiger partial charge in [-0.2, -0.15) is 0 Å². The zero-order valence-corrected chi connectivity index (χ0v) is 19.8. The predicted octanol–water partition coefficient (Wildman–Crippen LogP) is 3.84. The number of carbonyl (C=O) groups excluding carboxylic acids is 2. The SMILES string of the molecule is Cc1noc2nc(-c3ccccc3)cc(C(=O)OCC(=O)N3CCN(Cc4ccccc4F)CC3)c12. The number of esters is 1. The van der Waals surface area contributed by atoms with Gasteiger partial charge in [0.2, 0.25) is 0 Å². The molecule has 0 spiro atoms. The molecule has 5 rings (SSSR count). The van der Waals surface area contributed by atoms with Crippen LogP contribution in [0.4, 0.5) is 4.39 Å². The minimum Gasteiger partial charge on any atom is -0.452 e. The maximum Gasteiger partial charge on any atom is 0.339 e. The maximum absolute atomic E-state index is 13.9. The van der Waals surface area contributed by atoms with Crippen LogP contribution in [0.3, 0.4) is 0 Å². The van der Waals surface area contributed by atoms with E-state index in [0.29, 0.717) is 55.1 Å². The van der Waals surface area contributed by atoms with Crippen molar-refractivity contribution in [2.45, 2.75) is 13.5 Å². The third-order valence-corrected chi connectivity index (χ3v) is 6.31. The topological polar surface area (TPSA) is 88.8 Å². The summed E-state index contributed by atoms with van der Waals surface area (Å²) in [6.07, 6.45) is 0. The Hall–Kier alpha value is -4.11. The zero-order chi connectivity index (χ0) is 25.1. The summed E-state index contributed by atoms with van der Waals surface area (Å²) in [5.74, 6) is -1.14. The molecule has 0 saturated carbocycles. The van der Waals surface area contributed by atoms with Gasteiger partial charge in [-0.1, -0.05) is 53.7 Å². The third-order valence-electron chi connectivity index (χ3n) is 6.31. The van der Waals surface area contributed by atoms with Gasteiger partial charge in [0.1, 0.15) is 5.82 Å². The molecule has 0 bridgehead atoms. The molecule has 9 heteroatoms. The van der Waals surface area contributed by atoms with Crippen LogP contribution in [0.25, 0.3) is 22.4 Å². The minimum atomic E-state index is -0.641. The van der Waals surface area contributed by atoms with E-state index in [1.807, 2.05) is 36.4 Å². The van der Waals surface area contributed by atoms with E-state index < -0.39 is 5.97 Å². The van der Waals surface area contributed by atoms with Gasteiger partial charge in [-0.05, 0) is 19.1 Å². The molecule has 1 amide bonds. The smallest absolute Gasteiger partial charge is 0.339 e. The lowest BCUT2D eigenvalue weighted by molar-refractivity contribution is -0.136. The molecule has 0 atom stereocenters. The standard InChI is InChI=1S/C27H25FN4O4/c1-18-25-21(15-23(29-26(25)36-30-18)19-7-3-2-4-8-19)27(34)35-17-24(33)32-13-11-31(12-14-32)16-20-9-5-6-10-22(20)28/h2-10,15H,11-14,16-17H2,1H3. The molecule has 1 aliphatic heterocycles. The molecular formula is C27H25FN4O4. The number of hydrogen-bond acceptors (Lipinski definition) is 7. The lowest BCUT2D eigenvalue weighted by Gasteiger charge is -2.34. The van der Waals surface area contributed by atoms with E-state index in [9.17, 15) is 14.0 Å². The number of benzene rings is 2. The molecule has 8 nitrogen and oxygen atoms in total. The number of aromatic nitrogens is 2. The number of piperazine rings is 1. The van der Waals surface area contributed by atoms with E-state index in [0.717, 1.165) is 5.56 Å². The van der Waals surface area contributed by atoms with Crippen molar-refractivity contribution in [1.29, 1.82) is 0 Å². The average molecular weight is 489 g/mol. The number of halogens is 1. The van der Waals surface area contributed by atoms with Crippen LogP contribution in [0.1, 0.15) is 21.6 Å². The van der Waals surface area contributed by atoms with Crippen LogP contribution >= 0.6 is 0 Å². The number of hydrogen-bond donors (Lipinski definition) is 0. The van der Waals surface area contributed by atoms with Gasteiger partial charge in [0.05, 0.1) is 22.3 Å². The van der Waals surface area contributed by atoms with Crippen molar-refractivity contribution in [3.63, 3.8) is 0 Å². The number of amides is 1. The summed E-state index contributed by atoms with van der Waals surface area (Å²) in [5, 5.41) is 4.40. The second kappa shape index (κ2) is 10.2. The van der Waals surface area contributed by atoms with Crippen molar-refractivity contribution in [2.24, 2.45) is 0 Å². The number of ether oxygens (including phenoxy) is 1. The van der Waals surface area contributed by atoms with Crippen LogP contribution in [0.2, 0.25) is 0 Å². The Labute approximate surface area is 207 Å². The largest absolute Gasteiger partial charge is 0.452 e. The van der Waals surface area contributed by atoms with Crippen LogP contribution in [-0.2, 0) is 16.1 Å². The predicted molar refractivity (Wildman–Crippen MR) is 131 cm³/mol. The van der Waals surface area contributed by atoms with Crippen LogP contribution in [0.5, 0.6) is 0 Å². The number of fused-ring (bicyclic) bond motifs is 1. The maximum atomic E-state index is 13.9. The Kier molecular flexibility index (Phi) is 6.73. The quantitative estimate of drug-likeness (QED) is 0.381. The summed E-state index contributed by atoms with van der Waals surface area (Å²) in [4.78, 5) is 34.0. The fourth-order valence-electron chi connectivity index (χ4n) is 4.33. The van der Waals surface area contributed by atoms with Gasteiger partial charge < -0.3 is 14.2 Å². The normalized spacial score (nSPS) is 14.2. The summed E-state index contributed by atoms with van der Waals surface area (Å²) >= 11 is 0. The fraction of sp³-hybridized carbons (Fsp3) is 0.259. The van der Waals surface area contributed by atoms with Crippen LogP contribution < -0.4 is 0 Å². The summed E-state index contributed by atoms with van der Waals surface area (Å²) in [7, 11) is 0. The first kappa shape index (κ1) is 23.6. The van der Waals surface area contributed by atoms with Gasteiger partial charge in [-0.15, -0.1) is 0 Å². The highest BCUT2D eigenvalue weighted by Crippen LogP contribution is 2.27. The first-order chi connectivity index (χ1) is 17.5. The third kappa shape index (κ3) is 4.96. The lowest BCUT2D eigenvalue weighted by Crippen LogP contribution is -2.49. The van der Waals surface area contributed by atoms with Crippen LogP contribution in [0.15, 0.2) is 65.2 Å². The lowest BCUT2D eigenvalue weighted by atomic mass is 10.1. The van der Waals surface area contributed by atoms with E-state index in [1.54, 1.807) is 30.0 Å². The zero-order valence-electron chi connectivity index (χ0n) is 19.8.